The molecule has 1 aromatic rings. The smallest absolute Gasteiger partial charge is 0.329 e. The lowest BCUT2D eigenvalue weighted by Crippen LogP contribution is -2.08. The first kappa shape index (κ1) is 7.68. The minimum absolute atomic E-state index is 0.303. The molecule has 11 heavy (non-hydrogen) atoms. The van der Waals surface area contributed by atoms with Gasteiger partial charge in [-0.05, 0) is 12.1 Å². The Morgan fingerprint density at radius 2 is 1.91 bits per heavy atom. The molecule has 0 unspecified atom stereocenters. The van der Waals surface area contributed by atoms with Crippen molar-refractivity contribution in [3.05, 3.63) is 46.0 Å². The molecular formula is C7H7NO3. The van der Waals surface area contributed by atoms with Gasteiger partial charge in [0.25, 0.3) is 0 Å². The highest BCUT2D eigenvalue weighted by Gasteiger charge is 2.16. The number of nitro groups is 1. The van der Waals surface area contributed by atoms with E-state index >= 15 is 0 Å². The molecule has 0 heterocycles. The van der Waals surface area contributed by atoms with Crippen LogP contribution in [0, 0.1) is 10.1 Å². The van der Waals surface area contributed by atoms with E-state index in [-0.39, 0.29) is 0 Å². The molecule has 0 aliphatic rings. The van der Waals surface area contributed by atoms with Crippen molar-refractivity contribution in [1.82, 2.24) is 0 Å². The molecule has 0 saturated carbocycles. The zero-order valence-corrected chi connectivity index (χ0v) is 5.68. The molecule has 1 aromatic carbocycles. The third-order valence-corrected chi connectivity index (χ3v) is 1.30. The summed E-state index contributed by atoms with van der Waals surface area (Å²) in [4.78, 5) is 9.31. The highest BCUT2D eigenvalue weighted by molar-refractivity contribution is 5.15. The molecule has 0 aromatic heterocycles. The van der Waals surface area contributed by atoms with Gasteiger partial charge >= 0.3 is 6.23 Å². The third-order valence-electron chi connectivity index (χ3n) is 1.30. The van der Waals surface area contributed by atoms with Crippen LogP contribution in [0.25, 0.3) is 0 Å². The number of hydrogen-bond donors (Lipinski definition) is 1. The van der Waals surface area contributed by atoms with Crippen molar-refractivity contribution >= 4 is 0 Å². The molecule has 0 amide bonds. The number of rotatable bonds is 2. The Morgan fingerprint density at radius 3 is 2.36 bits per heavy atom. The molecule has 0 bridgehead atoms. The van der Waals surface area contributed by atoms with Crippen LogP contribution in [0.2, 0.25) is 0 Å². The molecule has 0 aliphatic heterocycles. The number of hydrogen-bond acceptors (Lipinski definition) is 3. The molecule has 0 aliphatic carbocycles. The van der Waals surface area contributed by atoms with Gasteiger partial charge in [-0.15, -0.1) is 0 Å². The average Bonchev–Trinajstić information content (AvgIpc) is 2.05. The molecule has 0 saturated heterocycles. The topological polar surface area (TPSA) is 63.4 Å². The molecule has 0 fully saturated rings. The summed E-state index contributed by atoms with van der Waals surface area (Å²) in [7, 11) is 0. The van der Waals surface area contributed by atoms with Gasteiger partial charge in [-0.1, -0.05) is 18.2 Å². The van der Waals surface area contributed by atoms with E-state index in [9.17, 15) is 10.1 Å². The largest absolute Gasteiger partial charge is 0.339 e. The first-order valence-electron chi connectivity index (χ1n) is 3.08. The molecule has 1 rings (SSSR count). The molecule has 0 spiro atoms. The number of aliphatic hydroxyl groups excluding tert-OH is 1. The summed E-state index contributed by atoms with van der Waals surface area (Å²) in [6, 6.07) is 8.03. The fourth-order valence-electron chi connectivity index (χ4n) is 0.747. The number of benzene rings is 1. The predicted molar refractivity (Wildman–Crippen MR) is 38.4 cm³/mol. The summed E-state index contributed by atoms with van der Waals surface area (Å²) in [6.07, 6.45) is -1.60. The SMILES string of the molecule is O=[N+]([O-])[C@H](O)c1ccccc1. The van der Waals surface area contributed by atoms with Crippen molar-refractivity contribution in [2.24, 2.45) is 0 Å². The second kappa shape index (κ2) is 3.12. The van der Waals surface area contributed by atoms with E-state index in [1.54, 1.807) is 18.2 Å². The maximum Gasteiger partial charge on any atom is 0.339 e. The number of aliphatic hydroxyl groups is 1. The maximum atomic E-state index is 10.1. The quantitative estimate of drug-likeness (QED) is 0.391. The van der Waals surface area contributed by atoms with E-state index in [0.717, 1.165) is 0 Å². The molecule has 1 N–H and O–H groups in total. The van der Waals surface area contributed by atoms with Gasteiger partial charge in [0.1, 0.15) is 0 Å². The monoisotopic (exact) mass is 153 g/mol. The fourth-order valence-corrected chi connectivity index (χ4v) is 0.747. The molecule has 58 valence electrons. The Labute approximate surface area is 63.2 Å². The second-order valence-electron chi connectivity index (χ2n) is 2.07. The zero-order chi connectivity index (χ0) is 8.27. The molecule has 1 atom stereocenters. The lowest BCUT2D eigenvalue weighted by molar-refractivity contribution is -0.578. The second-order valence-corrected chi connectivity index (χ2v) is 2.07. The normalized spacial score (nSPS) is 12.5. The van der Waals surface area contributed by atoms with Gasteiger partial charge in [-0.25, -0.2) is 0 Å². The van der Waals surface area contributed by atoms with E-state index in [1.165, 1.54) is 12.1 Å². The summed E-state index contributed by atoms with van der Waals surface area (Å²) in [5, 5.41) is 19.0. The van der Waals surface area contributed by atoms with Crippen LogP contribution in [0.15, 0.2) is 30.3 Å². The van der Waals surface area contributed by atoms with Crippen molar-refractivity contribution in [1.29, 1.82) is 0 Å². The van der Waals surface area contributed by atoms with Gasteiger partial charge in [-0.2, -0.15) is 0 Å². The summed E-state index contributed by atoms with van der Waals surface area (Å²) in [6.45, 7) is 0. The zero-order valence-electron chi connectivity index (χ0n) is 5.68. The first-order chi connectivity index (χ1) is 5.22. The van der Waals surface area contributed by atoms with Crippen molar-refractivity contribution in [2.75, 3.05) is 0 Å². The Kier molecular flexibility index (Phi) is 2.18. The molecular weight excluding hydrogens is 146 g/mol. The minimum atomic E-state index is -1.60. The lowest BCUT2D eigenvalue weighted by atomic mass is 10.2. The lowest BCUT2D eigenvalue weighted by Gasteiger charge is -2.00. The van der Waals surface area contributed by atoms with E-state index in [2.05, 4.69) is 0 Å². The molecule has 4 nitrogen and oxygen atoms in total. The number of nitrogens with zero attached hydrogens (tertiary/aromatic N) is 1. The van der Waals surface area contributed by atoms with Crippen LogP contribution < -0.4 is 0 Å². The van der Waals surface area contributed by atoms with Crippen molar-refractivity contribution in [3.63, 3.8) is 0 Å². The summed E-state index contributed by atoms with van der Waals surface area (Å²) < 4.78 is 0. The Bertz CT molecular complexity index is 247. The van der Waals surface area contributed by atoms with Crippen LogP contribution in [-0.4, -0.2) is 10.0 Å². The van der Waals surface area contributed by atoms with E-state index in [4.69, 9.17) is 5.11 Å². The fraction of sp³-hybridized carbons (Fsp3) is 0.143. The van der Waals surface area contributed by atoms with Crippen LogP contribution in [0.5, 0.6) is 0 Å². The van der Waals surface area contributed by atoms with Crippen LogP contribution >= 0.6 is 0 Å². The van der Waals surface area contributed by atoms with Crippen molar-refractivity contribution in [2.45, 2.75) is 6.23 Å². The Morgan fingerprint density at radius 1 is 1.36 bits per heavy atom. The molecule has 4 heteroatoms. The van der Waals surface area contributed by atoms with Gasteiger partial charge in [0.05, 0.1) is 10.5 Å². The van der Waals surface area contributed by atoms with Gasteiger partial charge in [0.15, 0.2) is 0 Å². The van der Waals surface area contributed by atoms with E-state index in [1.807, 2.05) is 0 Å². The van der Waals surface area contributed by atoms with Crippen LogP contribution in [0.1, 0.15) is 11.8 Å². The van der Waals surface area contributed by atoms with Gasteiger partial charge in [0, 0.05) is 0 Å². The first-order valence-corrected chi connectivity index (χ1v) is 3.08. The van der Waals surface area contributed by atoms with Crippen LogP contribution in [-0.2, 0) is 0 Å². The minimum Gasteiger partial charge on any atom is -0.329 e. The maximum absolute atomic E-state index is 10.1. The van der Waals surface area contributed by atoms with E-state index < -0.39 is 11.2 Å². The van der Waals surface area contributed by atoms with Crippen LogP contribution in [0.4, 0.5) is 0 Å². The van der Waals surface area contributed by atoms with Crippen LogP contribution in [0.3, 0.4) is 0 Å². The highest BCUT2D eigenvalue weighted by atomic mass is 16.7. The Hall–Kier alpha value is -1.42. The van der Waals surface area contributed by atoms with Gasteiger partial charge in [0.2, 0.25) is 0 Å². The van der Waals surface area contributed by atoms with E-state index in [0.29, 0.717) is 5.56 Å². The van der Waals surface area contributed by atoms with Gasteiger partial charge < -0.3 is 5.11 Å². The summed E-state index contributed by atoms with van der Waals surface area (Å²) in [5.74, 6) is 0. The summed E-state index contributed by atoms with van der Waals surface area (Å²) in [5.41, 5.74) is 0.303. The standard InChI is InChI=1S/C7H7NO3/c9-7(8(10)11)6-4-2-1-3-5-6/h1-5,7,9H/t7-/m1/s1. The predicted octanol–water partition coefficient (Wildman–Crippen LogP) is 0.954. The van der Waals surface area contributed by atoms with Crippen molar-refractivity contribution in [3.8, 4) is 0 Å². The average molecular weight is 153 g/mol. The van der Waals surface area contributed by atoms with Crippen molar-refractivity contribution < 1.29 is 10.0 Å². The highest BCUT2D eigenvalue weighted by Crippen LogP contribution is 2.11. The molecule has 0 radical (unpaired) electrons. The Balaban J connectivity index is 2.85. The summed E-state index contributed by atoms with van der Waals surface area (Å²) >= 11 is 0. The van der Waals surface area contributed by atoms with Gasteiger partial charge in [-0.3, -0.25) is 10.1 Å². The third kappa shape index (κ3) is 1.75.